The molecule has 0 saturated carbocycles. The van der Waals surface area contributed by atoms with Gasteiger partial charge in [-0.15, -0.1) is 11.3 Å². The second kappa shape index (κ2) is 4.74. The number of carbonyl (C=O) groups excluding carboxylic acids is 1. The van der Waals surface area contributed by atoms with Crippen molar-refractivity contribution in [3.05, 3.63) is 32.5 Å². The van der Waals surface area contributed by atoms with E-state index in [4.69, 9.17) is 0 Å². The first-order valence-electron chi connectivity index (χ1n) is 5.03. The molecule has 5 heteroatoms. The minimum absolute atomic E-state index is 0.0201. The van der Waals surface area contributed by atoms with Gasteiger partial charge in [0.05, 0.1) is 5.92 Å². The SMILES string of the molecule is CC(=O)CC(c1cccs1)C(C)(C)[N+](=O)[O-]. The maximum atomic E-state index is 11.2. The lowest BCUT2D eigenvalue weighted by atomic mass is 9.83. The highest BCUT2D eigenvalue weighted by Crippen LogP contribution is 2.36. The highest BCUT2D eigenvalue weighted by molar-refractivity contribution is 7.10. The summed E-state index contributed by atoms with van der Waals surface area (Å²) in [5, 5.41) is 12.9. The molecule has 0 saturated heterocycles. The van der Waals surface area contributed by atoms with E-state index in [-0.39, 0.29) is 23.0 Å². The van der Waals surface area contributed by atoms with Crippen LogP contribution in [0.5, 0.6) is 0 Å². The second-order valence-electron chi connectivity index (χ2n) is 4.38. The molecule has 0 amide bonds. The average molecular weight is 241 g/mol. The molecule has 1 heterocycles. The first-order valence-corrected chi connectivity index (χ1v) is 5.91. The molecule has 4 nitrogen and oxygen atoms in total. The van der Waals surface area contributed by atoms with Gasteiger partial charge in [0.1, 0.15) is 5.78 Å². The summed E-state index contributed by atoms with van der Waals surface area (Å²) >= 11 is 1.46. The topological polar surface area (TPSA) is 60.2 Å². The molecule has 88 valence electrons. The summed E-state index contributed by atoms with van der Waals surface area (Å²) in [4.78, 5) is 22.8. The molecule has 1 aromatic heterocycles. The van der Waals surface area contributed by atoms with Gasteiger partial charge in [0.2, 0.25) is 5.54 Å². The summed E-state index contributed by atoms with van der Waals surface area (Å²) in [7, 11) is 0. The molecule has 0 bridgehead atoms. The molecular formula is C11H15NO3S. The lowest BCUT2D eigenvalue weighted by molar-refractivity contribution is -0.565. The van der Waals surface area contributed by atoms with Crippen molar-refractivity contribution in [1.82, 2.24) is 0 Å². The molecule has 1 rings (SSSR count). The summed E-state index contributed by atoms with van der Waals surface area (Å²) in [6, 6.07) is 3.70. The van der Waals surface area contributed by atoms with Gasteiger partial charge < -0.3 is 4.79 Å². The Morgan fingerprint density at radius 1 is 1.62 bits per heavy atom. The lowest BCUT2D eigenvalue weighted by Gasteiger charge is -2.25. The molecule has 0 aliphatic heterocycles. The van der Waals surface area contributed by atoms with Gasteiger partial charge in [-0.25, -0.2) is 0 Å². The van der Waals surface area contributed by atoms with Gasteiger partial charge in [-0.3, -0.25) is 10.1 Å². The predicted octanol–water partition coefficient (Wildman–Crippen LogP) is 2.87. The van der Waals surface area contributed by atoms with Gasteiger partial charge >= 0.3 is 0 Å². The van der Waals surface area contributed by atoms with Crippen molar-refractivity contribution >= 4 is 17.1 Å². The van der Waals surface area contributed by atoms with Crippen LogP contribution in [0.3, 0.4) is 0 Å². The van der Waals surface area contributed by atoms with E-state index in [1.165, 1.54) is 18.3 Å². The third-order valence-electron chi connectivity index (χ3n) is 2.70. The molecule has 0 N–H and O–H groups in total. The van der Waals surface area contributed by atoms with Gasteiger partial charge in [0.25, 0.3) is 0 Å². The molecule has 0 aliphatic rings. The first kappa shape index (κ1) is 12.8. The van der Waals surface area contributed by atoms with Crippen LogP contribution >= 0.6 is 11.3 Å². The molecule has 16 heavy (non-hydrogen) atoms. The number of nitro groups is 1. The zero-order chi connectivity index (χ0) is 12.3. The number of hydrogen-bond donors (Lipinski definition) is 0. The Hall–Kier alpha value is -1.23. The van der Waals surface area contributed by atoms with Gasteiger partial charge in [0.15, 0.2) is 0 Å². The fraction of sp³-hybridized carbons (Fsp3) is 0.545. The van der Waals surface area contributed by atoms with Crippen LogP contribution < -0.4 is 0 Å². The predicted molar refractivity (Wildman–Crippen MR) is 63.4 cm³/mol. The molecule has 1 unspecified atom stereocenters. The van der Waals surface area contributed by atoms with E-state index in [0.717, 1.165) is 4.88 Å². The molecule has 0 fully saturated rings. The van der Waals surface area contributed by atoms with Crippen LogP contribution in [0, 0.1) is 10.1 Å². The molecule has 0 aromatic carbocycles. The van der Waals surface area contributed by atoms with Crippen LogP contribution in [0.2, 0.25) is 0 Å². The quantitative estimate of drug-likeness (QED) is 0.588. The zero-order valence-corrected chi connectivity index (χ0v) is 10.4. The number of Topliss-reactive ketones (excluding diaryl/α,β-unsaturated/α-hetero) is 1. The second-order valence-corrected chi connectivity index (χ2v) is 5.36. The van der Waals surface area contributed by atoms with Crippen molar-refractivity contribution in [3.63, 3.8) is 0 Å². The Morgan fingerprint density at radius 3 is 2.62 bits per heavy atom. The number of thiophene rings is 1. The Balaban J connectivity index is 3.06. The number of carbonyl (C=O) groups is 1. The van der Waals surface area contributed by atoms with Crippen LogP contribution in [-0.2, 0) is 4.79 Å². The lowest BCUT2D eigenvalue weighted by Crippen LogP contribution is -2.38. The summed E-state index contributed by atoms with van der Waals surface area (Å²) in [6.07, 6.45) is 0.217. The van der Waals surface area contributed by atoms with Gasteiger partial charge in [0, 0.05) is 30.1 Å². The van der Waals surface area contributed by atoms with Crippen molar-refractivity contribution in [2.24, 2.45) is 0 Å². The van der Waals surface area contributed by atoms with Crippen molar-refractivity contribution < 1.29 is 9.72 Å². The van der Waals surface area contributed by atoms with E-state index < -0.39 is 5.54 Å². The summed E-state index contributed by atoms with van der Waals surface area (Å²) in [6.45, 7) is 4.61. The van der Waals surface area contributed by atoms with Crippen molar-refractivity contribution in [2.45, 2.75) is 38.6 Å². The zero-order valence-electron chi connectivity index (χ0n) is 9.60. The van der Waals surface area contributed by atoms with E-state index in [2.05, 4.69) is 0 Å². The molecular weight excluding hydrogens is 226 g/mol. The number of ketones is 1. The van der Waals surface area contributed by atoms with Crippen LogP contribution in [0.25, 0.3) is 0 Å². The largest absolute Gasteiger partial charge is 0.300 e. The van der Waals surface area contributed by atoms with Gasteiger partial charge in [-0.2, -0.15) is 0 Å². The Bertz CT molecular complexity index is 384. The van der Waals surface area contributed by atoms with Crippen molar-refractivity contribution in [2.75, 3.05) is 0 Å². The van der Waals surface area contributed by atoms with Crippen molar-refractivity contribution in [3.8, 4) is 0 Å². The van der Waals surface area contributed by atoms with Crippen LogP contribution in [0.4, 0.5) is 0 Å². The minimum atomic E-state index is -1.11. The van der Waals surface area contributed by atoms with E-state index in [0.29, 0.717) is 0 Å². The van der Waals surface area contributed by atoms with E-state index in [1.54, 1.807) is 13.8 Å². The standard InChI is InChI=1S/C11H15NO3S/c1-8(13)7-9(10-5-4-6-16-10)11(2,3)12(14)15/h4-6,9H,7H2,1-3H3. The smallest absolute Gasteiger partial charge is 0.224 e. The van der Waals surface area contributed by atoms with Crippen LogP contribution in [0.1, 0.15) is 38.0 Å². The van der Waals surface area contributed by atoms with Crippen molar-refractivity contribution in [1.29, 1.82) is 0 Å². The first-order chi connectivity index (χ1) is 7.35. The van der Waals surface area contributed by atoms with E-state index in [1.807, 2.05) is 17.5 Å². The molecule has 0 spiro atoms. The number of rotatable bonds is 5. The maximum Gasteiger partial charge on any atom is 0.224 e. The normalized spacial score (nSPS) is 13.4. The molecule has 1 aromatic rings. The Morgan fingerprint density at radius 2 is 2.25 bits per heavy atom. The Labute approximate surface area is 98.4 Å². The van der Waals surface area contributed by atoms with Gasteiger partial charge in [-0.05, 0) is 18.4 Å². The molecule has 1 atom stereocenters. The summed E-state index contributed by atoms with van der Waals surface area (Å²) in [5.74, 6) is -0.367. The van der Waals surface area contributed by atoms with Crippen LogP contribution in [0.15, 0.2) is 17.5 Å². The van der Waals surface area contributed by atoms with E-state index in [9.17, 15) is 14.9 Å². The molecule has 0 aliphatic carbocycles. The minimum Gasteiger partial charge on any atom is -0.300 e. The average Bonchev–Trinajstić information content (AvgIpc) is 2.65. The maximum absolute atomic E-state index is 11.2. The monoisotopic (exact) mass is 241 g/mol. The summed E-state index contributed by atoms with van der Waals surface area (Å²) in [5.41, 5.74) is -1.11. The number of nitrogens with zero attached hydrogens (tertiary/aromatic N) is 1. The van der Waals surface area contributed by atoms with Gasteiger partial charge in [-0.1, -0.05) is 6.07 Å². The molecule has 0 radical (unpaired) electrons. The van der Waals surface area contributed by atoms with Crippen LogP contribution in [-0.4, -0.2) is 16.2 Å². The fourth-order valence-electron chi connectivity index (χ4n) is 1.60. The fourth-order valence-corrected chi connectivity index (χ4v) is 2.61. The van der Waals surface area contributed by atoms with E-state index >= 15 is 0 Å². The third kappa shape index (κ3) is 2.66. The number of hydrogen-bond acceptors (Lipinski definition) is 4. The summed E-state index contributed by atoms with van der Waals surface area (Å²) < 4.78 is 0. The highest BCUT2D eigenvalue weighted by Gasteiger charge is 2.42. The highest BCUT2D eigenvalue weighted by atomic mass is 32.1. The third-order valence-corrected chi connectivity index (χ3v) is 3.69. The Kier molecular flexibility index (Phi) is 3.80.